The second-order valence-electron chi connectivity index (χ2n) is 6.95. The molecule has 1 heterocycles. The Bertz CT molecular complexity index is 418. The third-order valence-electron chi connectivity index (χ3n) is 5.24. The van der Waals surface area contributed by atoms with E-state index in [1.807, 2.05) is 11.3 Å². The van der Waals surface area contributed by atoms with Crippen LogP contribution < -0.4 is 5.32 Å². The summed E-state index contributed by atoms with van der Waals surface area (Å²) in [5.41, 5.74) is 0.523. The van der Waals surface area contributed by atoms with Crippen molar-refractivity contribution in [3.63, 3.8) is 0 Å². The Kier molecular flexibility index (Phi) is 5.72. The second-order valence-corrected chi connectivity index (χ2v) is 8.80. The summed E-state index contributed by atoms with van der Waals surface area (Å²) < 4.78 is 1.21. The molecule has 114 valence electrons. The van der Waals surface area contributed by atoms with Crippen LogP contribution in [0.2, 0.25) is 0 Å². The molecule has 3 heteroatoms. The standard InChI is InChI=1S/C17H28BrNS/c1-5-17(3,4)13-6-8-15(9-7-13)19-12(2)16-10-14(18)11-20-16/h10-13,15,19H,5-9H2,1-4H3. The molecule has 0 bridgehead atoms. The summed E-state index contributed by atoms with van der Waals surface area (Å²) in [6.07, 6.45) is 6.75. The van der Waals surface area contributed by atoms with E-state index < -0.39 is 0 Å². The van der Waals surface area contributed by atoms with Gasteiger partial charge in [-0.3, -0.25) is 0 Å². The normalized spacial score (nSPS) is 25.6. The van der Waals surface area contributed by atoms with Crippen LogP contribution in [0.5, 0.6) is 0 Å². The first-order valence-corrected chi connectivity index (χ1v) is 9.59. The molecule has 1 atom stereocenters. The van der Waals surface area contributed by atoms with Gasteiger partial charge in [-0.05, 0) is 65.9 Å². The Morgan fingerprint density at radius 2 is 2.00 bits per heavy atom. The Morgan fingerprint density at radius 3 is 2.50 bits per heavy atom. The van der Waals surface area contributed by atoms with Gasteiger partial charge in [-0.15, -0.1) is 11.3 Å². The molecule has 1 aliphatic carbocycles. The second kappa shape index (κ2) is 6.93. The van der Waals surface area contributed by atoms with E-state index in [2.05, 4.69) is 60.4 Å². The van der Waals surface area contributed by atoms with E-state index in [-0.39, 0.29) is 0 Å². The van der Waals surface area contributed by atoms with Crippen molar-refractivity contribution < 1.29 is 0 Å². The minimum absolute atomic E-state index is 0.479. The molecule has 1 nitrogen and oxygen atoms in total. The van der Waals surface area contributed by atoms with Gasteiger partial charge in [0.2, 0.25) is 0 Å². The molecule has 1 fully saturated rings. The van der Waals surface area contributed by atoms with Gasteiger partial charge < -0.3 is 5.32 Å². The molecule has 2 rings (SSSR count). The summed E-state index contributed by atoms with van der Waals surface area (Å²) in [4.78, 5) is 1.44. The number of nitrogens with one attached hydrogen (secondary N) is 1. The van der Waals surface area contributed by atoms with E-state index in [1.165, 1.54) is 41.5 Å². The van der Waals surface area contributed by atoms with E-state index in [9.17, 15) is 0 Å². The van der Waals surface area contributed by atoms with Crippen molar-refractivity contribution in [2.45, 2.75) is 71.9 Å². The van der Waals surface area contributed by atoms with E-state index in [0.717, 1.165) is 5.92 Å². The fourth-order valence-corrected chi connectivity index (χ4v) is 4.78. The fourth-order valence-electron chi connectivity index (χ4n) is 3.32. The number of hydrogen-bond acceptors (Lipinski definition) is 2. The third kappa shape index (κ3) is 4.08. The van der Waals surface area contributed by atoms with Gasteiger partial charge in [0.1, 0.15) is 0 Å². The number of halogens is 1. The molecule has 1 N–H and O–H groups in total. The van der Waals surface area contributed by atoms with Crippen LogP contribution in [0, 0.1) is 11.3 Å². The van der Waals surface area contributed by atoms with Crippen LogP contribution in [0.3, 0.4) is 0 Å². The van der Waals surface area contributed by atoms with Gasteiger partial charge in [-0.2, -0.15) is 0 Å². The lowest BCUT2D eigenvalue weighted by Crippen LogP contribution is -2.37. The molecule has 20 heavy (non-hydrogen) atoms. The topological polar surface area (TPSA) is 12.0 Å². The van der Waals surface area contributed by atoms with Gasteiger partial charge in [0.25, 0.3) is 0 Å². The Morgan fingerprint density at radius 1 is 1.35 bits per heavy atom. The molecular weight excluding hydrogens is 330 g/mol. The van der Waals surface area contributed by atoms with Crippen molar-refractivity contribution >= 4 is 27.3 Å². The molecule has 0 radical (unpaired) electrons. The fraction of sp³-hybridized carbons (Fsp3) is 0.765. The highest BCUT2D eigenvalue weighted by Crippen LogP contribution is 2.40. The van der Waals surface area contributed by atoms with Crippen LogP contribution in [0.25, 0.3) is 0 Å². The molecule has 0 saturated heterocycles. The van der Waals surface area contributed by atoms with Gasteiger partial charge in [0, 0.05) is 26.8 Å². The van der Waals surface area contributed by atoms with Crippen LogP contribution >= 0.6 is 27.3 Å². The summed E-state index contributed by atoms with van der Waals surface area (Å²) >= 11 is 5.39. The average molecular weight is 358 g/mol. The van der Waals surface area contributed by atoms with E-state index in [0.29, 0.717) is 17.5 Å². The lowest BCUT2D eigenvalue weighted by Gasteiger charge is -2.39. The number of rotatable bonds is 5. The number of thiophene rings is 1. The molecule has 1 unspecified atom stereocenters. The van der Waals surface area contributed by atoms with Gasteiger partial charge in [-0.25, -0.2) is 0 Å². The number of hydrogen-bond donors (Lipinski definition) is 1. The third-order valence-corrected chi connectivity index (χ3v) is 7.12. The van der Waals surface area contributed by atoms with Crippen LogP contribution in [0.4, 0.5) is 0 Å². The highest BCUT2D eigenvalue weighted by Gasteiger charge is 2.32. The maximum Gasteiger partial charge on any atom is 0.0388 e. The zero-order chi connectivity index (χ0) is 14.8. The first-order valence-electron chi connectivity index (χ1n) is 7.92. The van der Waals surface area contributed by atoms with Crippen LogP contribution in [0.1, 0.15) is 70.7 Å². The lowest BCUT2D eigenvalue weighted by molar-refractivity contribution is 0.134. The van der Waals surface area contributed by atoms with Gasteiger partial charge in [-0.1, -0.05) is 27.2 Å². The largest absolute Gasteiger partial charge is 0.307 e. The van der Waals surface area contributed by atoms with Crippen molar-refractivity contribution in [1.29, 1.82) is 0 Å². The van der Waals surface area contributed by atoms with Gasteiger partial charge in [0.15, 0.2) is 0 Å². The van der Waals surface area contributed by atoms with Crippen molar-refractivity contribution in [3.05, 3.63) is 20.8 Å². The van der Waals surface area contributed by atoms with Crippen molar-refractivity contribution in [3.8, 4) is 0 Å². The zero-order valence-electron chi connectivity index (χ0n) is 13.2. The summed E-state index contributed by atoms with van der Waals surface area (Å²) in [5, 5.41) is 6.00. The molecular formula is C17H28BrNS. The molecule has 0 aromatic carbocycles. The molecule has 1 aromatic rings. The monoisotopic (exact) mass is 357 g/mol. The van der Waals surface area contributed by atoms with Crippen LogP contribution in [0.15, 0.2) is 15.9 Å². The summed E-state index contributed by atoms with van der Waals surface area (Å²) in [6, 6.07) is 3.43. The Hall–Kier alpha value is 0.140. The maximum absolute atomic E-state index is 3.83. The molecule has 0 aliphatic heterocycles. The first-order chi connectivity index (χ1) is 9.42. The molecule has 1 saturated carbocycles. The maximum atomic E-state index is 3.83. The van der Waals surface area contributed by atoms with E-state index in [4.69, 9.17) is 0 Å². The average Bonchev–Trinajstić information content (AvgIpc) is 2.86. The quantitative estimate of drug-likeness (QED) is 0.665. The van der Waals surface area contributed by atoms with E-state index in [1.54, 1.807) is 0 Å². The van der Waals surface area contributed by atoms with Crippen molar-refractivity contribution in [2.24, 2.45) is 11.3 Å². The van der Waals surface area contributed by atoms with E-state index >= 15 is 0 Å². The highest BCUT2D eigenvalue weighted by atomic mass is 79.9. The minimum Gasteiger partial charge on any atom is -0.307 e. The minimum atomic E-state index is 0.479. The van der Waals surface area contributed by atoms with Crippen LogP contribution in [-0.2, 0) is 0 Å². The molecule has 0 spiro atoms. The van der Waals surface area contributed by atoms with Gasteiger partial charge >= 0.3 is 0 Å². The highest BCUT2D eigenvalue weighted by molar-refractivity contribution is 9.10. The summed E-state index contributed by atoms with van der Waals surface area (Å²) in [7, 11) is 0. The van der Waals surface area contributed by atoms with Crippen molar-refractivity contribution in [2.75, 3.05) is 0 Å². The SMILES string of the molecule is CCC(C)(C)C1CCC(NC(C)c2cc(Br)cs2)CC1. The zero-order valence-corrected chi connectivity index (χ0v) is 15.6. The summed E-state index contributed by atoms with van der Waals surface area (Å²) in [5.74, 6) is 0.914. The first kappa shape index (κ1) is 16.5. The van der Waals surface area contributed by atoms with Crippen molar-refractivity contribution in [1.82, 2.24) is 5.32 Å². The molecule has 1 aromatic heterocycles. The predicted molar refractivity (Wildman–Crippen MR) is 93.4 cm³/mol. The summed E-state index contributed by atoms with van der Waals surface area (Å²) in [6.45, 7) is 9.51. The molecule has 0 amide bonds. The van der Waals surface area contributed by atoms with Crippen LogP contribution in [-0.4, -0.2) is 6.04 Å². The molecule has 1 aliphatic rings. The Labute approximate surface area is 136 Å². The smallest absolute Gasteiger partial charge is 0.0388 e. The predicted octanol–water partition coefficient (Wildman–Crippen LogP) is 6.16. The van der Waals surface area contributed by atoms with Gasteiger partial charge in [0.05, 0.1) is 0 Å². The Balaban J connectivity index is 1.82. The lowest BCUT2D eigenvalue weighted by atomic mass is 9.69.